The maximum Gasteiger partial charge on any atom is 0.417 e. The second-order valence-corrected chi connectivity index (χ2v) is 10.3. The summed E-state index contributed by atoms with van der Waals surface area (Å²) in [5.41, 5.74) is 0.375. The van der Waals surface area contributed by atoms with Gasteiger partial charge in [0.05, 0.1) is 22.8 Å². The van der Waals surface area contributed by atoms with E-state index in [0.717, 1.165) is 30.9 Å². The first kappa shape index (κ1) is 25.4. The fraction of sp³-hybridized carbons (Fsp3) is 0.593. The normalized spacial score (nSPS) is 21.9. The van der Waals surface area contributed by atoms with Crippen molar-refractivity contribution >= 4 is 0 Å². The molecule has 0 saturated heterocycles. The SMILES string of the molecule is CC(C(CC1CCCCC1)c1cccc(C#N)c1)N1C=C(C(F)(F)F)C=CC1OC(C)(C)C. The predicted molar refractivity (Wildman–Crippen MR) is 124 cm³/mol. The molecule has 1 aromatic rings. The highest BCUT2D eigenvalue weighted by Gasteiger charge is 2.39. The summed E-state index contributed by atoms with van der Waals surface area (Å²) < 4.78 is 47.0. The average Bonchev–Trinajstić information content (AvgIpc) is 2.76. The summed E-state index contributed by atoms with van der Waals surface area (Å²) in [6.45, 7) is 7.70. The number of rotatable bonds is 6. The Hall–Kier alpha value is -2.26. The van der Waals surface area contributed by atoms with Crippen LogP contribution >= 0.6 is 0 Å². The van der Waals surface area contributed by atoms with E-state index in [4.69, 9.17) is 4.74 Å². The predicted octanol–water partition coefficient (Wildman–Crippen LogP) is 7.46. The Labute approximate surface area is 195 Å². The fourth-order valence-electron chi connectivity index (χ4n) is 4.98. The molecular formula is C27H35F3N2O. The van der Waals surface area contributed by atoms with Gasteiger partial charge in [0.1, 0.15) is 6.23 Å². The van der Waals surface area contributed by atoms with Gasteiger partial charge in [0.25, 0.3) is 0 Å². The van der Waals surface area contributed by atoms with Gasteiger partial charge in [-0.05, 0) is 69.9 Å². The Kier molecular flexibility index (Phi) is 7.95. The van der Waals surface area contributed by atoms with Gasteiger partial charge in [-0.2, -0.15) is 18.4 Å². The van der Waals surface area contributed by atoms with Gasteiger partial charge >= 0.3 is 6.18 Å². The van der Waals surface area contributed by atoms with E-state index in [1.54, 1.807) is 11.0 Å². The Morgan fingerprint density at radius 1 is 1.15 bits per heavy atom. The van der Waals surface area contributed by atoms with Crippen molar-refractivity contribution in [2.45, 2.75) is 96.2 Å². The lowest BCUT2D eigenvalue weighted by molar-refractivity contribution is -0.115. The number of hydrogen-bond donors (Lipinski definition) is 0. The highest BCUT2D eigenvalue weighted by atomic mass is 19.4. The topological polar surface area (TPSA) is 36.3 Å². The van der Waals surface area contributed by atoms with Gasteiger partial charge in [0.2, 0.25) is 0 Å². The van der Waals surface area contributed by atoms with Crippen molar-refractivity contribution in [2.24, 2.45) is 5.92 Å². The molecule has 0 radical (unpaired) electrons. The summed E-state index contributed by atoms with van der Waals surface area (Å²) in [5.74, 6) is 0.509. The van der Waals surface area contributed by atoms with Crippen LogP contribution in [0, 0.1) is 17.2 Å². The van der Waals surface area contributed by atoms with E-state index in [0.29, 0.717) is 11.5 Å². The van der Waals surface area contributed by atoms with Crippen molar-refractivity contribution in [3.8, 4) is 6.07 Å². The molecule has 0 bridgehead atoms. The number of nitriles is 1. The molecule has 1 aliphatic heterocycles. The molecule has 1 saturated carbocycles. The van der Waals surface area contributed by atoms with Gasteiger partial charge in [-0.15, -0.1) is 0 Å². The minimum absolute atomic E-state index is 0.0234. The van der Waals surface area contributed by atoms with E-state index in [9.17, 15) is 18.4 Å². The Morgan fingerprint density at radius 3 is 2.45 bits per heavy atom. The molecule has 0 spiro atoms. The molecule has 1 heterocycles. The third-order valence-corrected chi connectivity index (χ3v) is 6.63. The molecule has 33 heavy (non-hydrogen) atoms. The zero-order valence-corrected chi connectivity index (χ0v) is 20.0. The first-order chi connectivity index (χ1) is 15.5. The first-order valence-electron chi connectivity index (χ1n) is 11.9. The standard InChI is InChI=1S/C27H35F3N2O/c1-19(32-18-23(27(28,29)30)13-14-25(32)33-26(2,3)4)24(16-20-9-6-5-7-10-20)22-12-8-11-21(15-22)17-31/h8,11-15,18-20,24-25H,5-7,9-10,16H2,1-4H3. The number of nitrogens with zero attached hydrogens (tertiary/aromatic N) is 2. The number of hydrogen-bond acceptors (Lipinski definition) is 3. The van der Waals surface area contributed by atoms with Crippen LogP contribution in [0.1, 0.15) is 83.3 Å². The number of ether oxygens (including phenoxy) is 1. The first-order valence-corrected chi connectivity index (χ1v) is 11.9. The van der Waals surface area contributed by atoms with Gasteiger partial charge in [-0.25, -0.2) is 0 Å². The Morgan fingerprint density at radius 2 is 1.85 bits per heavy atom. The summed E-state index contributed by atoms with van der Waals surface area (Å²) >= 11 is 0. The van der Waals surface area contributed by atoms with Crippen LogP contribution in [0.2, 0.25) is 0 Å². The van der Waals surface area contributed by atoms with Gasteiger partial charge in [0, 0.05) is 18.2 Å². The van der Waals surface area contributed by atoms with E-state index in [-0.39, 0.29) is 12.0 Å². The molecule has 3 nitrogen and oxygen atoms in total. The molecule has 2 aliphatic rings. The van der Waals surface area contributed by atoms with Crippen molar-refractivity contribution in [3.63, 3.8) is 0 Å². The van der Waals surface area contributed by atoms with Crippen molar-refractivity contribution in [1.82, 2.24) is 4.90 Å². The van der Waals surface area contributed by atoms with Crippen molar-refractivity contribution in [2.75, 3.05) is 0 Å². The second-order valence-electron chi connectivity index (χ2n) is 10.3. The molecule has 3 rings (SSSR count). The van der Waals surface area contributed by atoms with Gasteiger partial charge in [-0.1, -0.05) is 44.2 Å². The smallest absolute Gasteiger partial charge is 0.349 e. The molecule has 1 aromatic carbocycles. The maximum absolute atomic E-state index is 13.6. The summed E-state index contributed by atoms with van der Waals surface area (Å²) in [4.78, 5) is 1.72. The van der Waals surface area contributed by atoms with Crippen LogP contribution in [0.5, 0.6) is 0 Å². The molecule has 180 valence electrons. The van der Waals surface area contributed by atoms with E-state index < -0.39 is 23.6 Å². The molecule has 1 fully saturated rings. The van der Waals surface area contributed by atoms with Crippen LogP contribution in [0.15, 0.2) is 48.2 Å². The number of benzene rings is 1. The van der Waals surface area contributed by atoms with E-state index in [2.05, 4.69) is 6.07 Å². The van der Waals surface area contributed by atoms with E-state index in [1.165, 1.54) is 31.5 Å². The average molecular weight is 461 g/mol. The maximum atomic E-state index is 13.6. The van der Waals surface area contributed by atoms with Crippen LogP contribution in [0.25, 0.3) is 0 Å². The number of alkyl halides is 3. The third kappa shape index (κ3) is 6.86. The molecule has 0 N–H and O–H groups in total. The lowest BCUT2D eigenvalue weighted by atomic mass is 9.77. The van der Waals surface area contributed by atoms with Gasteiger partial charge in [-0.3, -0.25) is 0 Å². The van der Waals surface area contributed by atoms with Crippen LogP contribution < -0.4 is 0 Å². The van der Waals surface area contributed by atoms with Crippen molar-refractivity contribution in [3.05, 3.63) is 59.3 Å². The molecule has 3 atom stereocenters. The molecular weight excluding hydrogens is 425 g/mol. The minimum Gasteiger partial charge on any atom is -0.349 e. The van der Waals surface area contributed by atoms with Gasteiger partial charge < -0.3 is 9.64 Å². The quantitative estimate of drug-likeness (QED) is 0.442. The van der Waals surface area contributed by atoms with Crippen LogP contribution in [-0.4, -0.2) is 28.9 Å². The van der Waals surface area contributed by atoms with Crippen molar-refractivity contribution < 1.29 is 17.9 Å². The van der Waals surface area contributed by atoms with E-state index >= 15 is 0 Å². The Bertz CT molecular complexity index is 901. The molecule has 6 heteroatoms. The summed E-state index contributed by atoms with van der Waals surface area (Å²) in [6, 6.07) is 9.46. The summed E-state index contributed by atoms with van der Waals surface area (Å²) in [5, 5.41) is 9.42. The lowest BCUT2D eigenvalue weighted by Crippen LogP contribution is -2.46. The summed E-state index contributed by atoms with van der Waals surface area (Å²) in [6.07, 6.45) is 5.63. The molecule has 0 aromatic heterocycles. The Balaban J connectivity index is 1.99. The minimum atomic E-state index is -4.43. The van der Waals surface area contributed by atoms with Crippen LogP contribution in [0.3, 0.4) is 0 Å². The lowest BCUT2D eigenvalue weighted by Gasteiger charge is -2.43. The molecule has 1 aliphatic carbocycles. The molecule has 0 amide bonds. The fourth-order valence-corrected chi connectivity index (χ4v) is 4.98. The van der Waals surface area contributed by atoms with Gasteiger partial charge in [0.15, 0.2) is 0 Å². The number of allylic oxidation sites excluding steroid dienone is 2. The largest absolute Gasteiger partial charge is 0.417 e. The van der Waals surface area contributed by atoms with Crippen molar-refractivity contribution in [1.29, 1.82) is 5.26 Å². The van der Waals surface area contributed by atoms with Crippen LogP contribution in [0.4, 0.5) is 13.2 Å². The number of halogens is 3. The molecule has 3 unspecified atom stereocenters. The van der Waals surface area contributed by atoms with E-state index in [1.807, 2.05) is 45.9 Å². The monoisotopic (exact) mass is 460 g/mol. The van der Waals surface area contributed by atoms with Crippen LogP contribution in [-0.2, 0) is 4.74 Å². The summed E-state index contributed by atoms with van der Waals surface area (Å²) in [7, 11) is 0. The highest BCUT2D eigenvalue weighted by Crippen LogP contribution is 2.39. The third-order valence-electron chi connectivity index (χ3n) is 6.63. The zero-order chi connectivity index (χ0) is 24.2. The highest BCUT2D eigenvalue weighted by molar-refractivity contribution is 5.36. The zero-order valence-electron chi connectivity index (χ0n) is 20.0. The second kappa shape index (κ2) is 10.3.